The van der Waals surface area contributed by atoms with Crippen molar-refractivity contribution < 1.29 is 9.59 Å². The van der Waals surface area contributed by atoms with Crippen molar-refractivity contribution >= 4 is 17.5 Å². The molecule has 1 aromatic carbocycles. The summed E-state index contributed by atoms with van der Waals surface area (Å²) >= 11 is 0. The molecule has 0 aliphatic carbocycles. The Labute approximate surface area is 148 Å². The molecule has 0 radical (unpaired) electrons. The van der Waals surface area contributed by atoms with Gasteiger partial charge in [0, 0.05) is 31.7 Å². The lowest BCUT2D eigenvalue weighted by molar-refractivity contribution is -0.136. The molecule has 0 aliphatic heterocycles. The van der Waals surface area contributed by atoms with Crippen LogP contribution in [0.3, 0.4) is 0 Å². The molecule has 1 heterocycles. The van der Waals surface area contributed by atoms with Crippen LogP contribution in [0.2, 0.25) is 0 Å². The summed E-state index contributed by atoms with van der Waals surface area (Å²) in [5.74, 6) is -0.396. The second kappa shape index (κ2) is 8.98. The summed E-state index contributed by atoms with van der Waals surface area (Å²) < 4.78 is 1.57. The van der Waals surface area contributed by atoms with Gasteiger partial charge in [-0.3, -0.25) is 14.3 Å². The van der Waals surface area contributed by atoms with Crippen LogP contribution in [-0.2, 0) is 16.1 Å². The molecule has 0 spiro atoms. The highest BCUT2D eigenvalue weighted by Gasteiger charge is 2.21. The molecule has 7 heteroatoms. The van der Waals surface area contributed by atoms with Crippen molar-refractivity contribution in [3.05, 3.63) is 48.3 Å². The van der Waals surface area contributed by atoms with Gasteiger partial charge in [-0.05, 0) is 31.2 Å². The van der Waals surface area contributed by atoms with Gasteiger partial charge in [-0.2, -0.15) is 5.10 Å². The van der Waals surface area contributed by atoms with Crippen LogP contribution in [0.5, 0.6) is 0 Å². The van der Waals surface area contributed by atoms with Crippen LogP contribution in [0.15, 0.2) is 42.7 Å². The summed E-state index contributed by atoms with van der Waals surface area (Å²) in [6.45, 7) is 5.31. The molecule has 2 rings (SSSR count). The SMILES string of the molecule is CCNCc1ccccc1NC(=O)CN(C)C(=O)C(C)n1cccn1. The Bertz CT molecular complexity index is 699. The molecule has 25 heavy (non-hydrogen) atoms. The second-order valence-electron chi connectivity index (χ2n) is 5.84. The predicted molar refractivity (Wildman–Crippen MR) is 97.0 cm³/mol. The van der Waals surface area contributed by atoms with E-state index in [-0.39, 0.29) is 18.4 Å². The standard InChI is InChI=1S/C18H25N5O2/c1-4-19-12-15-8-5-6-9-16(15)21-17(24)13-22(3)18(25)14(2)23-11-7-10-20-23/h5-11,14,19H,4,12-13H2,1-3H3,(H,21,24). The van der Waals surface area contributed by atoms with Crippen molar-refractivity contribution in [2.75, 3.05) is 25.5 Å². The Balaban J connectivity index is 1.94. The molecule has 2 aromatic rings. The first-order valence-corrected chi connectivity index (χ1v) is 8.35. The Kier molecular flexibility index (Phi) is 6.71. The molecule has 0 saturated heterocycles. The van der Waals surface area contributed by atoms with Crippen molar-refractivity contribution in [2.45, 2.75) is 26.4 Å². The van der Waals surface area contributed by atoms with Gasteiger partial charge in [0.2, 0.25) is 11.8 Å². The highest BCUT2D eigenvalue weighted by Crippen LogP contribution is 2.15. The van der Waals surface area contributed by atoms with Crippen LogP contribution in [0, 0.1) is 0 Å². The Hall–Kier alpha value is -2.67. The number of benzene rings is 1. The zero-order valence-electron chi connectivity index (χ0n) is 14.9. The largest absolute Gasteiger partial charge is 0.335 e. The fourth-order valence-electron chi connectivity index (χ4n) is 2.48. The number of nitrogens with one attached hydrogen (secondary N) is 2. The van der Waals surface area contributed by atoms with Crippen LogP contribution in [0.25, 0.3) is 0 Å². The summed E-state index contributed by atoms with van der Waals surface area (Å²) in [5, 5.41) is 10.2. The average Bonchev–Trinajstić information content (AvgIpc) is 3.14. The number of para-hydroxylation sites is 1. The number of hydrogen-bond acceptors (Lipinski definition) is 4. The summed E-state index contributed by atoms with van der Waals surface area (Å²) in [4.78, 5) is 26.1. The quantitative estimate of drug-likeness (QED) is 0.764. The molecule has 1 atom stereocenters. The Morgan fingerprint density at radius 1 is 1.28 bits per heavy atom. The summed E-state index contributed by atoms with van der Waals surface area (Å²) in [5.41, 5.74) is 1.77. The molecule has 134 valence electrons. The van der Waals surface area contributed by atoms with E-state index in [1.54, 1.807) is 37.1 Å². The lowest BCUT2D eigenvalue weighted by atomic mass is 10.1. The van der Waals surface area contributed by atoms with Gasteiger partial charge in [0.1, 0.15) is 6.04 Å². The number of amides is 2. The number of likely N-dealkylation sites (N-methyl/N-ethyl adjacent to an activating group) is 1. The Morgan fingerprint density at radius 3 is 2.72 bits per heavy atom. The number of carbonyl (C=O) groups is 2. The molecule has 0 saturated carbocycles. The van der Waals surface area contributed by atoms with E-state index in [1.165, 1.54) is 4.90 Å². The number of aromatic nitrogens is 2. The smallest absolute Gasteiger partial charge is 0.247 e. The van der Waals surface area contributed by atoms with Crippen LogP contribution in [0.4, 0.5) is 5.69 Å². The first-order chi connectivity index (χ1) is 12.0. The maximum atomic E-state index is 12.4. The number of hydrogen-bond donors (Lipinski definition) is 2. The molecule has 0 bridgehead atoms. The third-order valence-corrected chi connectivity index (χ3v) is 3.89. The minimum atomic E-state index is -0.450. The molecular formula is C18H25N5O2. The van der Waals surface area contributed by atoms with Gasteiger partial charge < -0.3 is 15.5 Å². The topological polar surface area (TPSA) is 79.3 Å². The van der Waals surface area contributed by atoms with Crippen LogP contribution >= 0.6 is 0 Å². The fraction of sp³-hybridized carbons (Fsp3) is 0.389. The molecule has 0 fully saturated rings. The van der Waals surface area contributed by atoms with Gasteiger partial charge in [-0.25, -0.2) is 0 Å². The van der Waals surface area contributed by atoms with Gasteiger partial charge in [0.15, 0.2) is 0 Å². The second-order valence-corrected chi connectivity index (χ2v) is 5.84. The summed E-state index contributed by atoms with van der Waals surface area (Å²) in [7, 11) is 1.62. The van der Waals surface area contributed by atoms with E-state index in [1.807, 2.05) is 31.2 Å². The molecule has 0 aliphatic rings. The monoisotopic (exact) mass is 343 g/mol. The zero-order valence-corrected chi connectivity index (χ0v) is 14.9. The first-order valence-electron chi connectivity index (χ1n) is 8.35. The Morgan fingerprint density at radius 2 is 2.04 bits per heavy atom. The molecule has 2 N–H and O–H groups in total. The lowest BCUT2D eigenvalue weighted by Gasteiger charge is -2.21. The van der Waals surface area contributed by atoms with E-state index >= 15 is 0 Å². The van der Waals surface area contributed by atoms with E-state index in [2.05, 4.69) is 15.7 Å². The van der Waals surface area contributed by atoms with E-state index in [9.17, 15) is 9.59 Å². The number of nitrogens with zero attached hydrogens (tertiary/aromatic N) is 3. The highest BCUT2D eigenvalue weighted by molar-refractivity contribution is 5.95. The first kappa shape index (κ1) is 18.7. The van der Waals surface area contributed by atoms with Crippen molar-refractivity contribution in [1.82, 2.24) is 20.0 Å². The third-order valence-electron chi connectivity index (χ3n) is 3.89. The highest BCUT2D eigenvalue weighted by atomic mass is 16.2. The van der Waals surface area contributed by atoms with E-state index in [0.717, 1.165) is 17.8 Å². The molecule has 7 nitrogen and oxygen atoms in total. The summed E-state index contributed by atoms with van der Waals surface area (Å²) in [6.07, 6.45) is 3.35. The predicted octanol–water partition coefficient (Wildman–Crippen LogP) is 1.65. The number of anilines is 1. The normalized spacial score (nSPS) is 11.8. The minimum Gasteiger partial charge on any atom is -0.335 e. The van der Waals surface area contributed by atoms with Gasteiger partial charge in [-0.15, -0.1) is 0 Å². The summed E-state index contributed by atoms with van der Waals surface area (Å²) in [6, 6.07) is 8.95. The van der Waals surface area contributed by atoms with Crippen molar-refractivity contribution in [1.29, 1.82) is 0 Å². The number of carbonyl (C=O) groups excluding carboxylic acids is 2. The van der Waals surface area contributed by atoms with E-state index in [4.69, 9.17) is 0 Å². The zero-order chi connectivity index (χ0) is 18.2. The average molecular weight is 343 g/mol. The van der Waals surface area contributed by atoms with Gasteiger partial charge in [0.25, 0.3) is 0 Å². The van der Waals surface area contributed by atoms with E-state index < -0.39 is 6.04 Å². The molecule has 2 amide bonds. The molecular weight excluding hydrogens is 318 g/mol. The van der Waals surface area contributed by atoms with Crippen LogP contribution in [0.1, 0.15) is 25.5 Å². The van der Waals surface area contributed by atoms with Crippen molar-refractivity contribution in [3.63, 3.8) is 0 Å². The fourth-order valence-corrected chi connectivity index (χ4v) is 2.48. The third kappa shape index (κ3) is 5.15. The lowest BCUT2D eigenvalue weighted by Crippen LogP contribution is -2.38. The minimum absolute atomic E-state index is 0.0139. The van der Waals surface area contributed by atoms with Crippen molar-refractivity contribution in [3.8, 4) is 0 Å². The van der Waals surface area contributed by atoms with Crippen LogP contribution in [-0.4, -0.2) is 46.6 Å². The van der Waals surface area contributed by atoms with Crippen molar-refractivity contribution in [2.24, 2.45) is 0 Å². The maximum Gasteiger partial charge on any atom is 0.247 e. The van der Waals surface area contributed by atoms with Gasteiger partial charge in [0.05, 0.1) is 6.54 Å². The van der Waals surface area contributed by atoms with E-state index in [0.29, 0.717) is 6.54 Å². The maximum absolute atomic E-state index is 12.4. The van der Waals surface area contributed by atoms with Gasteiger partial charge in [-0.1, -0.05) is 25.1 Å². The van der Waals surface area contributed by atoms with Crippen LogP contribution < -0.4 is 10.6 Å². The molecule has 1 aromatic heterocycles. The molecule has 1 unspecified atom stereocenters. The van der Waals surface area contributed by atoms with Gasteiger partial charge >= 0.3 is 0 Å². The number of rotatable bonds is 8.